The van der Waals surface area contributed by atoms with E-state index in [0.29, 0.717) is 10.7 Å². The van der Waals surface area contributed by atoms with Crippen LogP contribution in [0.5, 0.6) is 0 Å². The molecule has 0 aliphatic heterocycles. The van der Waals surface area contributed by atoms with Crippen LogP contribution in [0.25, 0.3) is 21.8 Å². The van der Waals surface area contributed by atoms with Gasteiger partial charge in [-0.1, -0.05) is 11.6 Å². The molecule has 17 heavy (non-hydrogen) atoms. The summed E-state index contributed by atoms with van der Waals surface area (Å²) in [6.45, 7) is 0. The lowest BCUT2D eigenvalue weighted by molar-refractivity contribution is 0.795. The summed E-state index contributed by atoms with van der Waals surface area (Å²) < 4.78 is 2.66. The Kier molecular flexibility index (Phi) is 2.50. The molecule has 7 heteroatoms. The number of fused-ring (bicyclic) bond motifs is 3. The first-order chi connectivity index (χ1) is 8.08. The number of aryl methyl sites for hydroxylation is 1. The molecule has 0 unspecified atom stereocenters. The van der Waals surface area contributed by atoms with Crippen molar-refractivity contribution in [2.45, 2.75) is 0 Å². The average Bonchev–Trinajstić information content (AvgIpc) is 2.59. The number of hydrogen-bond acceptors (Lipinski definition) is 3. The normalized spacial score (nSPS) is 11.5. The van der Waals surface area contributed by atoms with E-state index in [2.05, 4.69) is 31.0 Å². The molecule has 0 saturated heterocycles. The van der Waals surface area contributed by atoms with Crippen molar-refractivity contribution in [1.82, 2.24) is 19.7 Å². The van der Waals surface area contributed by atoms with Crippen molar-refractivity contribution in [2.75, 3.05) is 0 Å². The molecule has 3 rings (SSSR count). The summed E-state index contributed by atoms with van der Waals surface area (Å²) >= 11 is 15.4. The van der Waals surface area contributed by atoms with Crippen LogP contribution in [0.1, 0.15) is 0 Å². The molecule has 1 aromatic carbocycles. The van der Waals surface area contributed by atoms with E-state index in [1.807, 2.05) is 13.1 Å². The van der Waals surface area contributed by atoms with Gasteiger partial charge in [0.05, 0.1) is 17.2 Å². The molecule has 0 aliphatic carbocycles. The van der Waals surface area contributed by atoms with E-state index in [9.17, 15) is 0 Å². The molecule has 0 aliphatic rings. The van der Waals surface area contributed by atoms with Crippen LogP contribution in [0.15, 0.2) is 16.7 Å². The van der Waals surface area contributed by atoms with Gasteiger partial charge < -0.3 is 0 Å². The van der Waals surface area contributed by atoms with Crippen LogP contribution >= 0.6 is 39.1 Å². The van der Waals surface area contributed by atoms with E-state index in [1.165, 1.54) is 0 Å². The van der Waals surface area contributed by atoms with Crippen molar-refractivity contribution in [3.63, 3.8) is 0 Å². The van der Waals surface area contributed by atoms with Crippen molar-refractivity contribution in [3.8, 4) is 0 Å². The first-order valence-corrected chi connectivity index (χ1v) is 6.26. The molecule has 0 amide bonds. The summed E-state index contributed by atoms with van der Waals surface area (Å²) in [7, 11) is 1.86. The van der Waals surface area contributed by atoms with Gasteiger partial charge in [0.25, 0.3) is 0 Å². The molecule has 2 heterocycles. The number of nitrogens with zero attached hydrogens (tertiary/aromatic N) is 4. The average molecular weight is 332 g/mol. The van der Waals surface area contributed by atoms with Gasteiger partial charge >= 0.3 is 0 Å². The Bertz CT molecular complexity index is 753. The summed E-state index contributed by atoms with van der Waals surface area (Å²) in [5.41, 5.74) is 1.65. The zero-order chi connectivity index (χ0) is 12.2. The fourth-order valence-electron chi connectivity index (χ4n) is 1.87. The third-order valence-corrected chi connectivity index (χ3v) is 3.61. The van der Waals surface area contributed by atoms with E-state index in [-0.39, 0.29) is 5.28 Å². The maximum absolute atomic E-state index is 6.11. The molecule has 2 aromatic heterocycles. The highest BCUT2D eigenvalue weighted by molar-refractivity contribution is 9.10. The monoisotopic (exact) mass is 330 g/mol. The SMILES string of the molecule is Cn1ncc2c3c(Cl)nc(Cl)nc3cc(Br)c21. The summed E-state index contributed by atoms with van der Waals surface area (Å²) in [4.78, 5) is 8.12. The van der Waals surface area contributed by atoms with Crippen LogP contribution in [-0.2, 0) is 7.05 Å². The highest BCUT2D eigenvalue weighted by Crippen LogP contribution is 2.34. The summed E-state index contributed by atoms with van der Waals surface area (Å²) in [5, 5.41) is 6.35. The highest BCUT2D eigenvalue weighted by Gasteiger charge is 2.14. The Morgan fingerprint density at radius 3 is 2.82 bits per heavy atom. The predicted molar refractivity (Wildman–Crippen MR) is 71.5 cm³/mol. The third kappa shape index (κ3) is 1.61. The van der Waals surface area contributed by atoms with Crippen LogP contribution in [-0.4, -0.2) is 19.7 Å². The van der Waals surface area contributed by atoms with Gasteiger partial charge in [-0.15, -0.1) is 0 Å². The molecular formula is C10H5BrCl2N4. The van der Waals surface area contributed by atoms with Crippen molar-refractivity contribution in [1.29, 1.82) is 0 Å². The summed E-state index contributed by atoms with van der Waals surface area (Å²) in [6.07, 6.45) is 1.74. The first kappa shape index (κ1) is 11.2. The lowest BCUT2D eigenvalue weighted by atomic mass is 10.1. The zero-order valence-electron chi connectivity index (χ0n) is 8.58. The predicted octanol–water partition coefficient (Wildman–Crippen LogP) is 3.59. The number of halogens is 3. The van der Waals surface area contributed by atoms with Gasteiger partial charge in [0.1, 0.15) is 5.15 Å². The lowest BCUT2D eigenvalue weighted by Gasteiger charge is -2.04. The van der Waals surface area contributed by atoms with E-state index in [0.717, 1.165) is 20.8 Å². The topological polar surface area (TPSA) is 43.6 Å². The van der Waals surface area contributed by atoms with Crippen LogP contribution in [0.4, 0.5) is 0 Å². The Morgan fingerprint density at radius 2 is 2.06 bits per heavy atom. The van der Waals surface area contributed by atoms with E-state index in [1.54, 1.807) is 10.9 Å². The van der Waals surface area contributed by atoms with Crippen LogP contribution in [0, 0.1) is 0 Å². The molecule has 3 aromatic rings. The summed E-state index contributed by atoms with van der Waals surface area (Å²) in [5.74, 6) is 0. The number of rotatable bonds is 0. The smallest absolute Gasteiger partial charge is 0.224 e. The first-order valence-electron chi connectivity index (χ1n) is 4.71. The minimum absolute atomic E-state index is 0.137. The Hall–Kier alpha value is -0.910. The van der Waals surface area contributed by atoms with Gasteiger partial charge in [0.2, 0.25) is 5.28 Å². The minimum Gasteiger partial charge on any atom is -0.267 e. The largest absolute Gasteiger partial charge is 0.267 e. The number of hydrogen-bond donors (Lipinski definition) is 0. The fourth-order valence-corrected chi connectivity index (χ4v) is 3.05. The number of benzene rings is 1. The van der Waals surface area contributed by atoms with E-state index in [4.69, 9.17) is 23.2 Å². The summed E-state index contributed by atoms with van der Waals surface area (Å²) in [6, 6.07) is 1.86. The van der Waals surface area contributed by atoms with Crippen LogP contribution < -0.4 is 0 Å². The highest BCUT2D eigenvalue weighted by atomic mass is 79.9. The zero-order valence-corrected chi connectivity index (χ0v) is 11.7. The van der Waals surface area contributed by atoms with Crippen molar-refractivity contribution < 1.29 is 0 Å². The fraction of sp³-hybridized carbons (Fsp3) is 0.100. The molecule has 0 saturated carbocycles. The second kappa shape index (κ2) is 3.80. The Labute approximate surface area is 115 Å². The molecule has 0 bridgehead atoms. The molecule has 0 radical (unpaired) electrons. The molecule has 0 atom stereocenters. The Balaban J connectivity index is 2.64. The van der Waals surface area contributed by atoms with E-state index >= 15 is 0 Å². The maximum Gasteiger partial charge on any atom is 0.224 e. The Morgan fingerprint density at radius 1 is 1.29 bits per heavy atom. The van der Waals surface area contributed by atoms with Crippen molar-refractivity contribution in [2.24, 2.45) is 7.05 Å². The van der Waals surface area contributed by atoms with E-state index < -0.39 is 0 Å². The van der Waals surface area contributed by atoms with Crippen molar-refractivity contribution >= 4 is 60.9 Å². The van der Waals surface area contributed by atoms with Gasteiger partial charge in [-0.25, -0.2) is 9.97 Å². The van der Waals surface area contributed by atoms with Crippen LogP contribution in [0.2, 0.25) is 10.4 Å². The van der Waals surface area contributed by atoms with Gasteiger partial charge in [-0.2, -0.15) is 5.10 Å². The molecule has 0 N–H and O–H groups in total. The quantitative estimate of drug-likeness (QED) is 0.467. The lowest BCUT2D eigenvalue weighted by Crippen LogP contribution is -1.92. The molecular weight excluding hydrogens is 327 g/mol. The minimum atomic E-state index is 0.137. The second-order valence-electron chi connectivity index (χ2n) is 3.57. The molecule has 86 valence electrons. The van der Waals surface area contributed by atoms with Gasteiger partial charge in [0.15, 0.2) is 0 Å². The second-order valence-corrected chi connectivity index (χ2v) is 5.12. The molecule has 0 fully saturated rings. The van der Waals surface area contributed by atoms with Gasteiger partial charge in [-0.3, -0.25) is 4.68 Å². The maximum atomic E-state index is 6.11. The standard InChI is InChI=1S/C10H5BrCl2N4/c1-17-8-4(3-14-17)7-6(2-5(8)11)15-10(13)16-9(7)12/h2-3H,1H3. The van der Waals surface area contributed by atoms with Crippen molar-refractivity contribution in [3.05, 3.63) is 27.2 Å². The number of aromatic nitrogens is 4. The van der Waals surface area contributed by atoms with Gasteiger partial charge in [0, 0.05) is 22.3 Å². The van der Waals surface area contributed by atoms with Gasteiger partial charge in [-0.05, 0) is 33.6 Å². The van der Waals surface area contributed by atoms with Crippen LogP contribution in [0.3, 0.4) is 0 Å². The third-order valence-electron chi connectivity index (χ3n) is 2.56. The molecule has 4 nitrogen and oxygen atoms in total. The molecule has 0 spiro atoms.